The summed E-state index contributed by atoms with van der Waals surface area (Å²) in [5.74, 6) is 0. The van der Waals surface area contributed by atoms with Crippen molar-refractivity contribution in [2.24, 2.45) is 5.41 Å². The monoisotopic (exact) mass is 175 g/mol. The maximum Gasteiger partial charge on any atom is 0.0989 e. The average molecular weight is 175 g/mol. The van der Waals surface area contributed by atoms with E-state index in [1.54, 1.807) is 0 Å². The smallest absolute Gasteiger partial charge is 0.0989 e. The van der Waals surface area contributed by atoms with Crippen molar-refractivity contribution in [2.45, 2.75) is 26.7 Å². The SMILES string of the molecule is CC1(C)C[CH]C(n2ccnc2)=CC1. The molecule has 0 aliphatic heterocycles. The highest BCUT2D eigenvalue weighted by Crippen LogP contribution is 2.34. The molecular weight excluding hydrogens is 160 g/mol. The first-order chi connectivity index (χ1) is 6.17. The van der Waals surface area contributed by atoms with Crippen LogP contribution in [0.15, 0.2) is 24.8 Å². The van der Waals surface area contributed by atoms with Gasteiger partial charge in [0.25, 0.3) is 0 Å². The molecule has 2 heteroatoms. The number of aromatic nitrogens is 2. The Kier molecular flexibility index (Phi) is 1.98. The van der Waals surface area contributed by atoms with E-state index < -0.39 is 0 Å². The summed E-state index contributed by atoms with van der Waals surface area (Å²) in [7, 11) is 0. The maximum absolute atomic E-state index is 4.04. The van der Waals surface area contributed by atoms with Gasteiger partial charge in [0.15, 0.2) is 0 Å². The Morgan fingerprint density at radius 2 is 2.23 bits per heavy atom. The minimum Gasteiger partial charge on any atom is -0.310 e. The Morgan fingerprint density at radius 1 is 1.38 bits per heavy atom. The lowest BCUT2D eigenvalue weighted by atomic mass is 9.80. The summed E-state index contributed by atoms with van der Waals surface area (Å²) >= 11 is 0. The molecule has 1 aliphatic rings. The quantitative estimate of drug-likeness (QED) is 0.641. The molecule has 1 aromatic rings. The van der Waals surface area contributed by atoms with E-state index >= 15 is 0 Å². The average Bonchev–Trinajstić information content (AvgIpc) is 2.56. The van der Waals surface area contributed by atoms with Crippen molar-refractivity contribution in [1.29, 1.82) is 0 Å². The molecule has 1 aromatic heterocycles. The zero-order valence-corrected chi connectivity index (χ0v) is 8.20. The molecule has 69 valence electrons. The van der Waals surface area contributed by atoms with Gasteiger partial charge in [-0.3, -0.25) is 0 Å². The summed E-state index contributed by atoms with van der Waals surface area (Å²) in [5.41, 5.74) is 1.71. The first-order valence-electron chi connectivity index (χ1n) is 4.69. The van der Waals surface area contributed by atoms with Crippen molar-refractivity contribution in [3.8, 4) is 0 Å². The first-order valence-corrected chi connectivity index (χ1v) is 4.69. The third-order valence-corrected chi connectivity index (χ3v) is 2.53. The Balaban J connectivity index is 2.16. The number of imidazole rings is 1. The van der Waals surface area contributed by atoms with Gasteiger partial charge < -0.3 is 4.57 Å². The van der Waals surface area contributed by atoms with Crippen LogP contribution in [-0.2, 0) is 0 Å². The number of rotatable bonds is 1. The third kappa shape index (κ3) is 1.82. The molecule has 0 bridgehead atoms. The molecule has 2 nitrogen and oxygen atoms in total. The van der Waals surface area contributed by atoms with Crippen molar-refractivity contribution in [3.63, 3.8) is 0 Å². The largest absolute Gasteiger partial charge is 0.310 e. The van der Waals surface area contributed by atoms with Crippen molar-refractivity contribution >= 4 is 5.70 Å². The van der Waals surface area contributed by atoms with Crippen LogP contribution in [0, 0.1) is 11.8 Å². The fourth-order valence-corrected chi connectivity index (χ4v) is 1.55. The molecule has 1 aliphatic carbocycles. The van der Waals surface area contributed by atoms with Gasteiger partial charge in [-0.25, -0.2) is 4.98 Å². The third-order valence-electron chi connectivity index (χ3n) is 2.53. The van der Waals surface area contributed by atoms with Gasteiger partial charge in [0.1, 0.15) is 0 Å². The molecule has 0 spiro atoms. The van der Waals surface area contributed by atoms with E-state index in [4.69, 9.17) is 0 Å². The normalized spacial score (nSPS) is 21.2. The van der Waals surface area contributed by atoms with Crippen LogP contribution < -0.4 is 0 Å². The molecule has 0 atom stereocenters. The number of hydrogen-bond donors (Lipinski definition) is 0. The summed E-state index contributed by atoms with van der Waals surface area (Å²) in [5, 5.41) is 0. The number of nitrogens with zero attached hydrogens (tertiary/aromatic N) is 2. The van der Waals surface area contributed by atoms with E-state index in [2.05, 4.69) is 35.9 Å². The second kappa shape index (κ2) is 3.02. The van der Waals surface area contributed by atoms with Crippen molar-refractivity contribution in [2.75, 3.05) is 0 Å². The lowest BCUT2D eigenvalue weighted by Gasteiger charge is -2.28. The van der Waals surface area contributed by atoms with Gasteiger partial charge in [-0.1, -0.05) is 19.9 Å². The molecule has 0 N–H and O–H groups in total. The molecule has 1 radical (unpaired) electrons. The zero-order valence-electron chi connectivity index (χ0n) is 8.20. The molecule has 13 heavy (non-hydrogen) atoms. The lowest BCUT2D eigenvalue weighted by molar-refractivity contribution is 0.360. The highest BCUT2D eigenvalue weighted by Gasteiger charge is 2.21. The van der Waals surface area contributed by atoms with Crippen LogP contribution in [-0.4, -0.2) is 9.55 Å². The molecule has 1 heterocycles. The fourth-order valence-electron chi connectivity index (χ4n) is 1.55. The van der Waals surface area contributed by atoms with Crippen LogP contribution >= 0.6 is 0 Å². The molecule has 0 saturated heterocycles. The van der Waals surface area contributed by atoms with E-state index in [0.717, 1.165) is 12.8 Å². The molecule has 0 unspecified atom stereocenters. The Bertz CT molecular complexity index is 307. The summed E-state index contributed by atoms with van der Waals surface area (Å²) in [6.45, 7) is 4.59. The highest BCUT2D eigenvalue weighted by atomic mass is 15.0. The molecule has 2 rings (SSSR count). The standard InChI is InChI=1S/C11H15N2/c1-11(2)5-3-10(4-6-11)13-8-7-12-9-13/h3-4,7-9H,5-6H2,1-2H3. The summed E-state index contributed by atoms with van der Waals surface area (Å²) in [6.07, 6.45) is 12.5. The van der Waals surface area contributed by atoms with E-state index in [0.29, 0.717) is 5.41 Å². The summed E-state index contributed by atoms with van der Waals surface area (Å²) in [6, 6.07) is 0. The van der Waals surface area contributed by atoms with Gasteiger partial charge in [0, 0.05) is 24.5 Å². The van der Waals surface area contributed by atoms with Crippen molar-refractivity contribution in [3.05, 3.63) is 31.2 Å². The first kappa shape index (κ1) is 8.54. The maximum atomic E-state index is 4.04. The van der Waals surface area contributed by atoms with Gasteiger partial charge >= 0.3 is 0 Å². The zero-order chi connectivity index (χ0) is 9.31. The van der Waals surface area contributed by atoms with E-state index in [9.17, 15) is 0 Å². The lowest BCUT2D eigenvalue weighted by Crippen LogP contribution is -2.16. The van der Waals surface area contributed by atoms with E-state index in [1.165, 1.54) is 5.70 Å². The summed E-state index contributed by atoms with van der Waals surface area (Å²) < 4.78 is 2.06. The van der Waals surface area contributed by atoms with E-state index in [1.807, 2.05) is 18.7 Å². The second-order valence-corrected chi connectivity index (χ2v) is 4.38. The minimum absolute atomic E-state index is 0.435. The van der Waals surface area contributed by atoms with Gasteiger partial charge in [0.05, 0.1) is 6.33 Å². The predicted molar refractivity (Wildman–Crippen MR) is 53.8 cm³/mol. The van der Waals surface area contributed by atoms with Crippen molar-refractivity contribution in [1.82, 2.24) is 9.55 Å². The predicted octanol–water partition coefficient (Wildman–Crippen LogP) is 2.75. The van der Waals surface area contributed by atoms with E-state index in [-0.39, 0.29) is 0 Å². The Morgan fingerprint density at radius 3 is 2.77 bits per heavy atom. The van der Waals surface area contributed by atoms with Crippen LogP contribution in [0.4, 0.5) is 0 Å². The van der Waals surface area contributed by atoms with Crippen LogP contribution in [0.5, 0.6) is 0 Å². The van der Waals surface area contributed by atoms with Gasteiger partial charge in [0.2, 0.25) is 0 Å². The summed E-state index contributed by atoms with van der Waals surface area (Å²) in [4.78, 5) is 4.04. The Labute approximate surface area is 79.3 Å². The van der Waals surface area contributed by atoms with Crippen LogP contribution in [0.1, 0.15) is 26.7 Å². The molecule has 0 fully saturated rings. The molecule has 0 saturated carbocycles. The number of hydrogen-bond acceptors (Lipinski definition) is 1. The number of allylic oxidation sites excluding steroid dienone is 2. The fraction of sp³-hybridized carbons (Fsp3) is 0.455. The van der Waals surface area contributed by atoms with Crippen LogP contribution in [0.25, 0.3) is 5.70 Å². The molecular formula is C11H15N2. The topological polar surface area (TPSA) is 17.8 Å². The molecule has 0 amide bonds. The van der Waals surface area contributed by atoms with Gasteiger partial charge in [-0.05, 0) is 18.3 Å². The second-order valence-electron chi connectivity index (χ2n) is 4.38. The highest BCUT2D eigenvalue weighted by molar-refractivity contribution is 5.55. The van der Waals surface area contributed by atoms with Gasteiger partial charge in [-0.2, -0.15) is 0 Å². The van der Waals surface area contributed by atoms with Gasteiger partial charge in [-0.15, -0.1) is 0 Å². The minimum atomic E-state index is 0.435. The molecule has 0 aromatic carbocycles. The van der Waals surface area contributed by atoms with Crippen LogP contribution in [0.2, 0.25) is 0 Å². The van der Waals surface area contributed by atoms with Crippen LogP contribution in [0.3, 0.4) is 0 Å². The Hall–Kier alpha value is -1.05. The van der Waals surface area contributed by atoms with Crippen molar-refractivity contribution < 1.29 is 0 Å².